The lowest BCUT2D eigenvalue weighted by Gasteiger charge is -2.23. The van der Waals surface area contributed by atoms with Gasteiger partial charge in [0.15, 0.2) is 0 Å². The van der Waals surface area contributed by atoms with Gasteiger partial charge in [0.05, 0.1) is 12.2 Å². The van der Waals surface area contributed by atoms with Crippen LogP contribution < -0.4 is 14.5 Å². The van der Waals surface area contributed by atoms with Gasteiger partial charge in [-0.1, -0.05) is 25.9 Å². The predicted molar refractivity (Wildman–Crippen MR) is 193 cm³/mol. The maximum absolute atomic E-state index is 11.0. The first-order valence-corrected chi connectivity index (χ1v) is 16.8. The van der Waals surface area contributed by atoms with E-state index in [0.717, 1.165) is 58.7 Å². The summed E-state index contributed by atoms with van der Waals surface area (Å²) in [5.41, 5.74) is 5.62. The zero-order valence-electron chi connectivity index (χ0n) is 30.5. The zero-order valence-corrected chi connectivity index (χ0v) is 30.5. The maximum Gasteiger partial charge on any atom is 0.335 e. The lowest BCUT2D eigenvalue weighted by molar-refractivity contribution is 0.0531. The molecule has 1 unspecified atom stereocenters. The molecule has 266 valence electrons. The lowest BCUT2D eigenvalue weighted by Crippen LogP contribution is -2.27. The Morgan fingerprint density at radius 2 is 1.43 bits per heavy atom. The predicted octanol–water partition coefficient (Wildman–Crippen LogP) is 6.00. The molecule has 0 amide bonds. The largest absolute Gasteiger partial charge is 0.490 e. The highest BCUT2D eigenvalue weighted by Gasteiger charge is 2.18. The molecule has 0 fully saturated rings. The Bertz CT molecular complexity index is 1690. The van der Waals surface area contributed by atoms with Crippen molar-refractivity contribution in [2.45, 2.75) is 92.8 Å². The molecule has 4 rings (SSSR count). The molecule has 3 N–H and O–H groups in total. The van der Waals surface area contributed by atoms with E-state index < -0.39 is 12.1 Å². The molecule has 0 spiro atoms. The fourth-order valence-electron chi connectivity index (χ4n) is 4.78. The van der Waals surface area contributed by atoms with E-state index in [0.29, 0.717) is 40.9 Å². The zero-order chi connectivity index (χ0) is 36.4. The number of pyridine rings is 2. The van der Waals surface area contributed by atoms with Gasteiger partial charge >= 0.3 is 5.97 Å². The average Bonchev–Trinajstić information content (AvgIpc) is 3.60. The number of hydrogen-bond donors (Lipinski definition) is 3. The molecule has 49 heavy (non-hydrogen) atoms. The molecule has 3 aromatic heterocycles. The Kier molecular flexibility index (Phi) is 14.1. The van der Waals surface area contributed by atoms with Crippen LogP contribution in [0.4, 0.5) is 11.6 Å². The number of nitrogens with zero attached hydrogens (tertiary/aromatic N) is 6. The van der Waals surface area contributed by atoms with Crippen LogP contribution in [0.5, 0.6) is 5.75 Å². The number of aliphatic hydroxyl groups is 2. The number of benzene rings is 1. The molecule has 1 aromatic carbocycles. The number of rotatable bonds is 14. The van der Waals surface area contributed by atoms with Crippen molar-refractivity contribution in [2.75, 3.05) is 37.1 Å². The first-order valence-electron chi connectivity index (χ1n) is 16.8. The number of carbonyl (C=O) groups is 1. The van der Waals surface area contributed by atoms with E-state index in [2.05, 4.69) is 40.8 Å². The van der Waals surface area contributed by atoms with Crippen molar-refractivity contribution in [2.24, 2.45) is 0 Å². The highest BCUT2D eigenvalue weighted by atomic mass is 16.5. The van der Waals surface area contributed by atoms with Gasteiger partial charge in [-0.2, -0.15) is 4.98 Å². The number of carboxylic acids is 1. The number of hydrogen-bond acceptors (Lipinski definition) is 11. The van der Waals surface area contributed by atoms with Crippen molar-refractivity contribution in [1.29, 1.82) is 0 Å². The Balaban J connectivity index is 0.000000341. The molecule has 3 heterocycles. The van der Waals surface area contributed by atoms with Crippen molar-refractivity contribution >= 4 is 17.6 Å². The monoisotopic (exact) mass is 676 g/mol. The molecule has 0 aliphatic carbocycles. The lowest BCUT2D eigenvalue weighted by atomic mass is 10.0. The Hall–Kier alpha value is -4.55. The summed E-state index contributed by atoms with van der Waals surface area (Å²) in [6.07, 6.45) is 1.36. The minimum Gasteiger partial charge on any atom is -0.490 e. The van der Waals surface area contributed by atoms with E-state index in [9.17, 15) is 9.90 Å². The normalized spacial score (nSPS) is 11.7. The van der Waals surface area contributed by atoms with Crippen molar-refractivity contribution in [1.82, 2.24) is 20.1 Å². The number of carboxylic acid groups (broad SMARTS) is 1. The van der Waals surface area contributed by atoms with Crippen LogP contribution in [0.2, 0.25) is 0 Å². The van der Waals surface area contributed by atoms with Crippen LogP contribution in [0.15, 0.2) is 40.9 Å². The standard InChI is InChI=1S/C25H34N4O4.C12H18N2O2/c1-7-17-10-18(9-16(5)23(17)32-14-21(31)13-30)24-27-25(33-28-24)19-11-20(8-2)26-22(12-19)29(6)15(3)4;1-5-10-6-9(12(15)16)7-11(13-10)14(4)8(2)3/h9-12,15,21,30-31H,7-8,13-14H2,1-6H3;6-8H,5H2,1-4H3,(H,15,16). The van der Waals surface area contributed by atoms with Gasteiger partial charge in [0, 0.05) is 48.7 Å². The number of aromatic carboxylic acids is 1. The van der Waals surface area contributed by atoms with Gasteiger partial charge < -0.3 is 34.4 Å². The van der Waals surface area contributed by atoms with Crippen LogP contribution in [0.1, 0.15) is 81.3 Å². The molecule has 4 aromatic rings. The van der Waals surface area contributed by atoms with Crippen LogP contribution in [-0.2, 0) is 19.3 Å². The molecular formula is C37H52N6O6. The molecule has 0 radical (unpaired) electrons. The molecule has 12 heteroatoms. The first kappa shape index (κ1) is 38.9. The second-order valence-electron chi connectivity index (χ2n) is 12.5. The molecule has 0 bridgehead atoms. The fraction of sp³-hybridized carbons (Fsp3) is 0.486. The Morgan fingerprint density at radius 1 is 0.837 bits per heavy atom. The molecule has 0 saturated heterocycles. The molecule has 0 aliphatic rings. The van der Waals surface area contributed by atoms with Gasteiger partial charge in [0.25, 0.3) is 5.89 Å². The van der Waals surface area contributed by atoms with Crippen LogP contribution in [0.3, 0.4) is 0 Å². The molecule has 12 nitrogen and oxygen atoms in total. The molecule has 1 atom stereocenters. The summed E-state index contributed by atoms with van der Waals surface area (Å²) < 4.78 is 11.4. The third-order valence-corrected chi connectivity index (χ3v) is 8.27. The number of ether oxygens (including phenoxy) is 1. The quantitative estimate of drug-likeness (QED) is 0.143. The van der Waals surface area contributed by atoms with Gasteiger partial charge in [-0.3, -0.25) is 0 Å². The van der Waals surface area contributed by atoms with Crippen molar-refractivity contribution in [3.63, 3.8) is 0 Å². The Morgan fingerprint density at radius 3 is 1.96 bits per heavy atom. The summed E-state index contributed by atoms with van der Waals surface area (Å²) in [4.78, 5) is 28.9. The van der Waals surface area contributed by atoms with Crippen LogP contribution in [0.25, 0.3) is 22.8 Å². The van der Waals surface area contributed by atoms with E-state index in [-0.39, 0.29) is 13.2 Å². The number of aryl methyl sites for hydroxylation is 4. The third-order valence-electron chi connectivity index (χ3n) is 8.27. The first-order chi connectivity index (χ1) is 23.2. The van der Waals surface area contributed by atoms with Crippen LogP contribution in [-0.4, -0.2) is 86.9 Å². The summed E-state index contributed by atoms with van der Waals surface area (Å²) in [6.45, 7) is 16.0. The topological polar surface area (TPSA) is 158 Å². The second-order valence-corrected chi connectivity index (χ2v) is 12.5. The van der Waals surface area contributed by atoms with Gasteiger partial charge in [0.1, 0.15) is 30.1 Å². The molecule has 0 aliphatic heterocycles. The van der Waals surface area contributed by atoms with E-state index >= 15 is 0 Å². The minimum absolute atomic E-state index is 0.0327. The van der Waals surface area contributed by atoms with Gasteiger partial charge in [0.2, 0.25) is 5.82 Å². The highest BCUT2D eigenvalue weighted by Crippen LogP contribution is 2.32. The number of aliphatic hydroxyl groups excluding tert-OH is 2. The highest BCUT2D eigenvalue weighted by molar-refractivity contribution is 5.88. The Labute approximate surface area is 289 Å². The SMILES string of the molecule is CCc1cc(-c2nc(-c3cc(C)c(OCC(O)CO)c(CC)c3)no2)cc(N(C)C(C)C)n1.CCc1cc(C(=O)O)cc(N(C)C(C)C)n1. The number of aromatic nitrogens is 4. The van der Waals surface area contributed by atoms with Gasteiger partial charge in [-0.25, -0.2) is 14.8 Å². The smallest absolute Gasteiger partial charge is 0.335 e. The summed E-state index contributed by atoms with van der Waals surface area (Å²) in [5.74, 6) is 2.33. The molecular weight excluding hydrogens is 624 g/mol. The fourth-order valence-corrected chi connectivity index (χ4v) is 4.78. The summed E-state index contributed by atoms with van der Waals surface area (Å²) in [7, 11) is 3.94. The maximum atomic E-state index is 11.0. The average molecular weight is 677 g/mol. The summed E-state index contributed by atoms with van der Waals surface area (Å²) in [5, 5.41) is 31.9. The van der Waals surface area contributed by atoms with Gasteiger partial charge in [-0.15, -0.1) is 0 Å². The van der Waals surface area contributed by atoms with Crippen molar-refractivity contribution in [3.05, 3.63) is 64.5 Å². The minimum atomic E-state index is -0.915. The van der Waals surface area contributed by atoms with Crippen LogP contribution >= 0.6 is 0 Å². The number of anilines is 2. The summed E-state index contributed by atoms with van der Waals surface area (Å²) in [6, 6.07) is 11.7. The molecule has 0 saturated carbocycles. The van der Waals surface area contributed by atoms with Gasteiger partial charge in [-0.05, 0) is 101 Å². The van der Waals surface area contributed by atoms with Crippen LogP contribution in [0, 0.1) is 6.92 Å². The third kappa shape index (κ3) is 10.2. The van der Waals surface area contributed by atoms with E-state index in [1.807, 2.05) is 77.9 Å². The van der Waals surface area contributed by atoms with Crippen molar-refractivity contribution < 1.29 is 29.4 Å². The van der Waals surface area contributed by atoms with Crippen molar-refractivity contribution in [3.8, 4) is 28.6 Å². The second kappa shape index (κ2) is 17.7. The van der Waals surface area contributed by atoms with E-state index in [1.165, 1.54) is 0 Å². The van der Waals surface area contributed by atoms with E-state index in [1.54, 1.807) is 12.1 Å². The van der Waals surface area contributed by atoms with E-state index in [4.69, 9.17) is 24.5 Å². The summed E-state index contributed by atoms with van der Waals surface area (Å²) >= 11 is 0.